The highest BCUT2D eigenvalue weighted by Crippen LogP contribution is 2.31. The van der Waals surface area contributed by atoms with Crippen molar-refractivity contribution in [2.24, 2.45) is 0 Å². The SMILES string of the molecule is COc1ccc(OCCOc2ccc(Br)cc2C=C2SC(=O)NC2=O)cc1. The molecule has 1 heterocycles. The Kier molecular flexibility index (Phi) is 6.41. The molecule has 1 fully saturated rings. The highest BCUT2D eigenvalue weighted by Gasteiger charge is 2.25. The van der Waals surface area contributed by atoms with E-state index in [9.17, 15) is 9.59 Å². The van der Waals surface area contributed by atoms with E-state index in [0.717, 1.165) is 27.7 Å². The summed E-state index contributed by atoms with van der Waals surface area (Å²) in [5.41, 5.74) is 0.696. The van der Waals surface area contributed by atoms with Crippen LogP contribution in [0.2, 0.25) is 0 Å². The molecule has 6 nitrogen and oxygen atoms in total. The molecular weight excluding hydrogens is 434 g/mol. The quantitative estimate of drug-likeness (QED) is 0.503. The summed E-state index contributed by atoms with van der Waals surface area (Å²) in [6, 6.07) is 12.7. The number of benzene rings is 2. The molecule has 27 heavy (non-hydrogen) atoms. The van der Waals surface area contributed by atoms with Gasteiger partial charge in [-0.1, -0.05) is 15.9 Å². The Morgan fingerprint density at radius 3 is 2.41 bits per heavy atom. The minimum absolute atomic E-state index is 0.322. The van der Waals surface area contributed by atoms with Crippen molar-refractivity contribution in [1.82, 2.24) is 5.32 Å². The fraction of sp³-hybridized carbons (Fsp3) is 0.158. The van der Waals surface area contributed by atoms with Crippen LogP contribution < -0.4 is 19.5 Å². The summed E-state index contributed by atoms with van der Waals surface area (Å²) in [5, 5.41) is 1.86. The van der Waals surface area contributed by atoms with Gasteiger partial charge in [-0.2, -0.15) is 0 Å². The van der Waals surface area contributed by atoms with Gasteiger partial charge in [0.15, 0.2) is 0 Å². The lowest BCUT2D eigenvalue weighted by Gasteiger charge is -2.11. The minimum atomic E-state index is -0.404. The average molecular weight is 450 g/mol. The number of methoxy groups -OCH3 is 1. The molecule has 1 aliphatic rings. The molecule has 140 valence electrons. The molecule has 0 spiro atoms. The number of carbonyl (C=O) groups excluding carboxylic acids is 2. The van der Waals surface area contributed by atoms with Gasteiger partial charge in [0.05, 0.1) is 12.0 Å². The molecule has 0 bridgehead atoms. The maximum Gasteiger partial charge on any atom is 0.290 e. The summed E-state index contributed by atoms with van der Waals surface area (Å²) in [6.45, 7) is 0.675. The standard InChI is InChI=1S/C19H16BrNO5S/c1-24-14-3-5-15(6-4-14)25-8-9-26-16-7-2-13(20)10-12(16)11-17-18(22)21-19(23)27-17/h2-7,10-11H,8-9H2,1H3,(H,21,22,23). The van der Waals surface area contributed by atoms with Gasteiger partial charge in [-0.25, -0.2) is 0 Å². The predicted octanol–water partition coefficient (Wildman–Crippen LogP) is 4.24. The Hall–Kier alpha value is -2.45. The molecule has 1 N–H and O–H groups in total. The van der Waals surface area contributed by atoms with Gasteiger partial charge in [0.25, 0.3) is 11.1 Å². The van der Waals surface area contributed by atoms with E-state index in [1.165, 1.54) is 0 Å². The second kappa shape index (κ2) is 8.96. The van der Waals surface area contributed by atoms with Gasteiger partial charge in [0.2, 0.25) is 0 Å². The van der Waals surface area contributed by atoms with Crippen LogP contribution in [0.15, 0.2) is 51.8 Å². The summed E-state index contributed by atoms with van der Waals surface area (Å²) in [7, 11) is 1.61. The highest BCUT2D eigenvalue weighted by molar-refractivity contribution is 9.10. The third-order valence-corrected chi connectivity index (χ3v) is 4.87. The highest BCUT2D eigenvalue weighted by atomic mass is 79.9. The molecule has 0 saturated carbocycles. The Morgan fingerprint density at radius 2 is 1.74 bits per heavy atom. The van der Waals surface area contributed by atoms with Gasteiger partial charge in [-0.05, 0) is 60.3 Å². The first-order valence-corrected chi connectivity index (χ1v) is 9.60. The van der Waals surface area contributed by atoms with Crippen LogP contribution in [-0.4, -0.2) is 31.5 Å². The van der Waals surface area contributed by atoms with Crippen molar-refractivity contribution in [2.75, 3.05) is 20.3 Å². The van der Waals surface area contributed by atoms with Crippen molar-refractivity contribution >= 4 is 44.9 Å². The number of carbonyl (C=O) groups is 2. The lowest BCUT2D eigenvalue weighted by molar-refractivity contribution is -0.115. The molecule has 2 aromatic rings. The molecule has 2 amide bonds. The van der Waals surface area contributed by atoms with Gasteiger partial charge < -0.3 is 14.2 Å². The molecule has 1 aliphatic heterocycles. The lowest BCUT2D eigenvalue weighted by atomic mass is 10.2. The van der Waals surface area contributed by atoms with Crippen LogP contribution in [0.25, 0.3) is 6.08 Å². The maximum atomic E-state index is 11.7. The van der Waals surface area contributed by atoms with E-state index < -0.39 is 5.91 Å². The molecule has 1 saturated heterocycles. The number of rotatable bonds is 7. The number of imide groups is 1. The third kappa shape index (κ3) is 5.27. The summed E-state index contributed by atoms with van der Waals surface area (Å²) in [4.78, 5) is 23.4. The summed E-state index contributed by atoms with van der Waals surface area (Å²) >= 11 is 4.27. The van der Waals surface area contributed by atoms with Gasteiger partial charge in [0, 0.05) is 10.0 Å². The van der Waals surface area contributed by atoms with Gasteiger partial charge in [0.1, 0.15) is 30.5 Å². The van der Waals surface area contributed by atoms with E-state index in [-0.39, 0.29) is 5.24 Å². The van der Waals surface area contributed by atoms with E-state index in [1.54, 1.807) is 19.3 Å². The summed E-state index contributed by atoms with van der Waals surface area (Å²) < 4.78 is 17.4. The number of nitrogens with one attached hydrogen (secondary N) is 1. The Labute approximate surface area is 169 Å². The molecule has 0 aromatic heterocycles. The van der Waals surface area contributed by atoms with Crippen LogP contribution >= 0.6 is 27.7 Å². The van der Waals surface area contributed by atoms with E-state index in [2.05, 4.69) is 21.2 Å². The molecule has 0 radical (unpaired) electrons. The van der Waals surface area contributed by atoms with Gasteiger partial charge in [-0.3, -0.25) is 14.9 Å². The molecule has 8 heteroatoms. The summed E-state index contributed by atoms with van der Waals surface area (Å²) in [5.74, 6) is 1.67. The lowest BCUT2D eigenvalue weighted by Crippen LogP contribution is -2.17. The third-order valence-electron chi connectivity index (χ3n) is 3.57. The average Bonchev–Trinajstić information content (AvgIpc) is 2.97. The van der Waals surface area contributed by atoms with Gasteiger partial charge >= 0.3 is 0 Å². The zero-order chi connectivity index (χ0) is 19.2. The number of halogens is 1. The Morgan fingerprint density at radius 1 is 1.04 bits per heavy atom. The van der Waals surface area contributed by atoms with Crippen molar-refractivity contribution in [1.29, 1.82) is 0 Å². The first-order chi connectivity index (χ1) is 13.0. The summed E-state index contributed by atoms with van der Waals surface area (Å²) in [6.07, 6.45) is 1.63. The van der Waals surface area contributed by atoms with Crippen LogP contribution in [-0.2, 0) is 4.79 Å². The molecule has 2 aromatic carbocycles. The van der Waals surface area contributed by atoms with Crippen LogP contribution in [0.5, 0.6) is 17.2 Å². The van der Waals surface area contributed by atoms with Crippen LogP contribution in [0.3, 0.4) is 0 Å². The predicted molar refractivity (Wildman–Crippen MR) is 107 cm³/mol. The van der Waals surface area contributed by atoms with Crippen molar-refractivity contribution in [2.45, 2.75) is 0 Å². The largest absolute Gasteiger partial charge is 0.497 e. The van der Waals surface area contributed by atoms with Crippen LogP contribution in [0.4, 0.5) is 4.79 Å². The smallest absolute Gasteiger partial charge is 0.290 e. The second-order valence-electron chi connectivity index (χ2n) is 5.41. The molecule has 0 atom stereocenters. The number of amides is 2. The fourth-order valence-corrected chi connectivity index (χ4v) is 3.36. The number of ether oxygens (including phenoxy) is 3. The van der Waals surface area contributed by atoms with E-state index in [1.807, 2.05) is 36.4 Å². The molecule has 0 aliphatic carbocycles. The normalized spacial score (nSPS) is 15.0. The van der Waals surface area contributed by atoms with Crippen molar-refractivity contribution < 1.29 is 23.8 Å². The number of hydrogen-bond donors (Lipinski definition) is 1. The zero-order valence-electron chi connectivity index (χ0n) is 14.4. The molecule has 0 unspecified atom stereocenters. The van der Waals surface area contributed by atoms with E-state index >= 15 is 0 Å². The number of thioether (sulfide) groups is 1. The maximum absolute atomic E-state index is 11.7. The van der Waals surface area contributed by atoms with Crippen LogP contribution in [0.1, 0.15) is 5.56 Å². The minimum Gasteiger partial charge on any atom is -0.497 e. The van der Waals surface area contributed by atoms with Crippen molar-refractivity contribution in [3.8, 4) is 17.2 Å². The molecular formula is C19H16BrNO5S. The topological polar surface area (TPSA) is 73.9 Å². The Bertz CT molecular complexity index is 882. The van der Waals surface area contributed by atoms with Crippen LogP contribution in [0, 0.1) is 0 Å². The molecule has 3 rings (SSSR count). The van der Waals surface area contributed by atoms with Crippen molar-refractivity contribution in [3.63, 3.8) is 0 Å². The van der Waals surface area contributed by atoms with E-state index in [4.69, 9.17) is 14.2 Å². The van der Waals surface area contributed by atoms with Crippen molar-refractivity contribution in [3.05, 3.63) is 57.4 Å². The first-order valence-electron chi connectivity index (χ1n) is 7.99. The van der Waals surface area contributed by atoms with E-state index in [0.29, 0.717) is 29.4 Å². The van der Waals surface area contributed by atoms with Gasteiger partial charge in [-0.15, -0.1) is 0 Å². The monoisotopic (exact) mass is 449 g/mol. The fourth-order valence-electron chi connectivity index (χ4n) is 2.31. The Balaban J connectivity index is 1.62. The zero-order valence-corrected chi connectivity index (χ0v) is 16.8. The first kappa shape index (κ1) is 19.3. The number of hydrogen-bond acceptors (Lipinski definition) is 6. The second-order valence-corrected chi connectivity index (χ2v) is 7.34.